The second kappa shape index (κ2) is 9.17. The molecule has 10 heteroatoms. The molecule has 0 radical (unpaired) electrons. The van der Waals surface area contributed by atoms with E-state index in [-0.39, 0.29) is 17.5 Å². The van der Waals surface area contributed by atoms with E-state index in [2.05, 4.69) is 15.1 Å². The van der Waals surface area contributed by atoms with E-state index in [1.165, 1.54) is 17.9 Å². The first-order chi connectivity index (χ1) is 17.5. The molecule has 7 nitrogen and oxygen atoms in total. The highest BCUT2D eigenvalue weighted by Crippen LogP contribution is 2.40. The lowest BCUT2D eigenvalue weighted by Crippen LogP contribution is -2.39. The van der Waals surface area contributed by atoms with Crippen molar-refractivity contribution < 1.29 is 18.0 Å². The Balaban J connectivity index is 1.64. The first kappa shape index (κ1) is 24.7. The molecule has 0 spiro atoms. The number of alkyl halides is 3. The number of aromatic nitrogens is 5. The molecule has 1 aromatic carbocycles. The molecule has 0 saturated heterocycles. The van der Waals surface area contributed by atoms with Gasteiger partial charge in [0.25, 0.3) is 5.91 Å². The van der Waals surface area contributed by atoms with Gasteiger partial charge in [0.05, 0.1) is 6.04 Å². The zero-order valence-electron chi connectivity index (χ0n) is 21.0. The SMILES string of the molecule is Cc1cncc([C@@H](C)N2CCc3c(cc(Cn4ccnc4C)cc3-c3cn(C)nc3C(F)(F)F)C2=O)c1. The molecule has 192 valence electrons. The molecule has 0 aliphatic carbocycles. The number of amides is 1. The van der Waals surface area contributed by atoms with Crippen molar-refractivity contribution in [1.82, 2.24) is 29.2 Å². The molecule has 0 saturated carbocycles. The van der Waals surface area contributed by atoms with E-state index in [1.54, 1.807) is 41.8 Å². The van der Waals surface area contributed by atoms with Gasteiger partial charge in [-0.05, 0) is 67.1 Å². The van der Waals surface area contributed by atoms with Crippen LogP contribution in [-0.4, -0.2) is 41.7 Å². The summed E-state index contributed by atoms with van der Waals surface area (Å²) in [4.78, 5) is 24.1. The molecule has 0 fully saturated rings. The molecule has 3 aromatic heterocycles. The predicted molar refractivity (Wildman–Crippen MR) is 132 cm³/mol. The maximum absolute atomic E-state index is 13.9. The van der Waals surface area contributed by atoms with Gasteiger partial charge in [-0.1, -0.05) is 6.07 Å². The van der Waals surface area contributed by atoms with Crippen LogP contribution >= 0.6 is 0 Å². The smallest absolute Gasteiger partial charge is 0.331 e. The van der Waals surface area contributed by atoms with Gasteiger partial charge in [-0.25, -0.2) is 4.98 Å². The fourth-order valence-corrected chi connectivity index (χ4v) is 5.03. The lowest BCUT2D eigenvalue weighted by Gasteiger charge is -2.35. The molecule has 1 atom stereocenters. The first-order valence-electron chi connectivity index (χ1n) is 12.0. The van der Waals surface area contributed by atoms with Crippen molar-refractivity contribution in [1.29, 1.82) is 0 Å². The zero-order valence-corrected chi connectivity index (χ0v) is 21.0. The minimum Gasteiger partial charge on any atom is -0.331 e. The lowest BCUT2D eigenvalue weighted by molar-refractivity contribution is -0.140. The van der Waals surface area contributed by atoms with E-state index < -0.39 is 11.9 Å². The summed E-state index contributed by atoms with van der Waals surface area (Å²) in [5.74, 6) is 0.559. The Kier molecular flexibility index (Phi) is 6.13. The quantitative estimate of drug-likeness (QED) is 0.375. The van der Waals surface area contributed by atoms with E-state index in [0.29, 0.717) is 41.8 Å². The molecule has 0 bridgehead atoms. The molecule has 37 heavy (non-hydrogen) atoms. The van der Waals surface area contributed by atoms with Crippen LogP contribution in [0.4, 0.5) is 13.2 Å². The van der Waals surface area contributed by atoms with Crippen LogP contribution in [0.15, 0.2) is 49.2 Å². The topological polar surface area (TPSA) is 68.8 Å². The number of hydrogen-bond acceptors (Lipinski definition) is 4. The number of fused-ring (bicyclic) bond motifs is 1. The zero-order chi connectivity index (χ0) is 26.5. The first-order valence-corrected chi connectivity index (χ1v) is 12.0. The highest BCUT2D eigenvalue weighted by atomic mass is 19.4. The fraction of sp³-hybridized carbons (Fsp3) is 0.333. The van der Waals surface area contributed by atoms with Crippen LogP contribution in [0.5, 0.6) is 0 Å². The van der Waals surface area contributed by atoms with Gasteiger partial charge in [0, 0.05) is 62.2 Å². The van der Waals surface area contributed by atoms with Crippen molar-refractivity contribution >= 4 is 5.91 Å². The summed E-state index contributed by atoms with van der Waals surface area (Å²) in [7, 11) is 1.47. The van der Waals surface area contributed by atoms with E-state index >= 15 is 0 Å². The van der Waals surface area contributed by atoms with Crippen molar-refractivity contribution in [3.63, 3.8) is 0 Å². The van der Waals surface area contributed by atoms with Crippen molar-refractivity contribution in [3.05, 3.63) is 88.5 Å². The lowest BCUT2D eigenvalue weighted by atomic mass is 9.87. The van der Waals surface area contributed by atoms with Gasteiger partial charge in [0.1, 0.15) is 5.82 Å². The number of benzene rings is 1. The maximum atomic E-state index is 13.9. The molecule has 1 aliphatic rings. The highest BCUT2D eigenvalue weighted by Gasteiger charge is 2.39. The molecule has 4 heterocycles. The normalized spacial score (nSPS) is 14.7. The van der Waals surface area contributed by atoms with Crippen LogP contribution in [-0.2, 0) is 26.2 Å². The summed E-state index contributed by atoms with van der Waals surface area (Å²) >= 11 is 0. The van der Waals surface area contributed by atoms with Gasteiger partial charge in [-0.3, -0.25) is 14.5 Å². The van der Waals surface area contributed by atoms with Crippen molar-refractivity contribution in [2.75, 3.05) is 6.54 Å². The Morgan fingerprint density at radius 2 is 1.84 bits per heavy atom. The number of rotatable bonds is 5. The summed E-state index contributed by atoms with van der Waals surface area (Å²) in [6.45, 7) is 6.50. The van der Waals surface area contributed by atoms with Crippen molar-refractivity contribution in [3.8, 4) is 11.1 Å². The number of carbonyl (C=O) groups excluding carboxylic acids is 1. The number of imidazole rings is 1. The molecular weight excluding hydrogens is 481 g/mol. The average Bonchev–Trinajstić information content (AvgIpc) is 3.44. The van der Waals surface area contributed by atoms with Crippen LogP contribution in [0.3, 0.4) is 0 Å². The van der Waals surface area contributed by atoms with E-state index in [9.17, 15) is 18.0 Å². The number of halogens is 3. The van der Waals surface area contributed by atoms with E-state index in [0.717, 1.165) is 17.0 Å². The number of carbonyl (C=O) groups is 1. The Labute approximate surface area is 212 Å². The molecule has 5 rings (SSSR count). The number of nitrogens with zero attached hydrogens (tertiary/aromatic N) is 6. The van der Waals surface area contributed by atoms with Gasteiger partial charge in [-0.15, -0.1) is 0 Å². The second-order valence-electron chi connectivity index (χ2n) is 9.55. The molecular formula is C27H27F3N6O. The van der Waals surface area contributed by atoms with Gasteiger partial charge in [0.15, 0.2) is 5.69 Å². The Hall–Kier alpha value is -3.95. The van der Waals surface area contributed by atoms with Gasteiger partial charge < -0.3 is 9.47 Å². The van der Waals surface area contributed by atoms with Gasteiger partial charge in [0.2, 0.25) is 0 Å². The van der Waals surface area contributed by atoms with Crippen LogP contribution < -0.4 is 0 Å². The minimum atomic E-state index is -4.63. The monoisotopic (exact) mass is 508 g/mol. The predicted octanol–water partition coefficient (Wildman–Crippen LogP) is 5.12. The van der Waals surface area contributed by atoms with Crippen LogP contribution in [0.1, 0.15) is 57.1 Å². The summed E-state index contributed by atoms with van der Waals surface area (Å²) in [6.07, 6.45) is 4.15. The largest absolute Gasteiger partial charge is 0.435 e. The second-order valence-corrected chi connectivity index (χ2v) is 9.55. The number of pyridine rings is 1. The molecule has 1 aliphatic heterocycles. The molecule has 1 amide bonds. The van der Waals surface area contributed by atoms with E-state index in [4.69, 9.17) is 0 Å². The van der Waals surface area contributed by atoms with Crippen molar-refractivity contribution in [2.45, 2.75) is 46.0 Å². The maximum Gasteiger partial charge on any atom is 0.435 e. The molecule has 4 aromatic rings. The third-order valence-electron chi connectivity index (χ3n) is 6.91. The minimum absolute atomic E-state index is 0.0207. The van der Waals surface area contributed by atoms with Gasteiger partial charge >= 0.3 is 6.18 Å². The van der Waals surface area contributed by atoms with Crippen LogP contribution in [0.25, 0.3) is 11.1 Å². The Morgan fingerprint density at radius 3 is 2.51 bits per heavy atom. The summed E-state index contributed by atoms with van der Waals surface area (Å²) in [5, 5.41) is 3.71. The van der Waals surface area contributed by atoms with Crippen molar-refractivity contribution in [2.24, 2.45) is 7.05 Å². The molecule has 0 unspecified atom stereocenters. The van der Waals surface area contributed by atoms with Crippen LogP contribution in [0, 0.1) is 13.8 Å². The average molecular weight is 509 g/mol. The summed E-state index contributed by atoms with van der Waals surface area (Å²) in [6, 6.07) is 5.31. The Bertz CT molecular complexity index is 1490. The van der Waals surface area contributed by atoms with E-state index in [1.807, 2.05) is 31.4 Å². The molecule has 0 N–H and O–H groups in total. The summed E-state index contributed by atoms with van der Waals surface area (Å²) in [5.41, 5.74) is 3.06. The van der Waals surface area contributed by atoms with Crippen LogP contribution in [0.2, 0.25) is 0 Å². The Morgan fingerprint density at radius 1 is 1.08 bits per heavy atom. The number of hydrogen-bond donors (Lipinski definition) is 0. The van der Waals surface area contributed by atoms with Gasteiger partial charge in [-0.2, -0.15) is 18.3 Å². The standard InChI is InChI=1S/C27H27F3N6O/c1-16-9-20(13-31-12-16)17(2)36-7-5-21-22(24-15-34(4)33-25(24)27(28,29)30)10-19(11-23(21)26(36)37)14-35-8-6-32-18(35)3/h6,8-13,15,17H,5,7,14H2,1-4H3/t17-/m1/s1. The number of aryl methyl sites for hydroxylation is 3. The third kappa shape index (κ3) is 4.63. The fourth-order valence-electron chi connectivity index (χ4n) is 5.03. The summed E-state index contributed by atoms with van der Waals surface area (Å²) < 4.78 is 44.9. The third-order valence-corrected chi connectivity index (χ3v) is 6.91. The highest BCUT2D eigenvalue weighted by molar-refractivity contribution is 5.99.